The van der Waals surface area contributed by atoms with Crippen LogP contribution in [0.3, 0.4) is 0 Å². The van der Waals surface area contributed by atoms with Gasteiger partial charge in [0.25, 0.3) is 5.91 Å². The van der Waals surface area contributed by atoms with Crippen molar-refractivity contribution in [2.24, 2.45) is 0 Å². The van der Waals surface area contributed by atoms with Gasteiger partial charge in [-0.25, -0.2) is 0 Å². The highest BCUT2D eigenvalue weighted by Gasteiger charge is 2.20. The molecule has 3 rings (SSSR count). The molecule has 2 saturated heterocycles. The number of nitrogens with one attached hydrogen (secondary N) is 1. The molecule has 2 aliphatic heterocycles. The van der Waals surface area contributed by atoms with Crippen molar-refractivity contribution in [3.63, 3.8) is 0 Å². The maximum absolute atomic E-state index is 12.6. The van der Waals surface area contributed by atoms with E-state index in [1.54, 1.807) is 0 Å². The summed E-state index contributed by atoms with van der Waals surface area (Å²) < 4.78 is 11.4. The summed E-state index contributed by atoms with van der Waals surface area (Å²) in [4.78, 5) is 15.0. The zero-order chi connectivity index (χ0) is 18.2. The summed E-state index contributed by atoms with van der Waals surface area (Å²) in [5.74, 6) is -0.0944. The maximum atomic E-state index is 12.6. The van der Waals surface area contributed by atoms with Gasteiger partial charge in [-0.2, -0.15) is 0 Å². The molecule has 1 N–H and O–H groups in total. The van der Waals surface area contributed by atoms with Crippen LogP contribution in [-0.2, 0) is 14.3 Å². The Kier molecular flexibility index (Phi) is 7.32. The zero-order valence-electron chi connectivity index (χ0n) is 15.9. The highest BCUT2D eigenvalue weighted by molar-refractivity contribution is 5.97. The van der Waals surface area contributed by atoms with Crippen molar-refractivity contribution in [3.8, 4) is 0 Å². The second-order valence-electron chi connectivity index (χ2n) is 7.37. The SMILES string of the molecule is C[C@H](OC[C@H]1CCCCO1)C(=O)Nc1ccccc1N1CCCCCC1. The van der Waals surface area contributed by atoms with Gasteiger partial charge < -0.3 is 19.7 Å². The maximum Gasteiger partial charge on any atom is 0.253 e. The molecule has 0 aliphatic carbocycles. The van der Waals surface area contributed by atoms with E-state index in [1.807, 2.05) is 25.1 Å². The highest BCUT2D eigenvalue weighted by Crippen LogP contribution is 2.28. The van der Waals surface area contributed by atoms with Crippen molar-refractivity contribution in [1.82, 2.24) is 0 Å². The van der Waals surface area contributed by atoms with Crippen LogP contribution in [0.4, 0.5) is 11.4 Å². The number of carbonyl (C=O) groups excluding carboxylic acids is 1. The Morgan fingerprint density at radius 3 is 2.69 bits per heavy atom. The summed E-state index contributed by atoms with van der Waals surface area (Å²) in [5.41, 5.74) is 1.99. The normalized spacial score (nSPS) is 22.5. The molecule has 1 aromatic rings. The summed E-state index contributed by atoms with van der Waals surface area (Å²) in [5, 5.41) is 3.07. The standard InChI is InChI=1S/C21H32N2O3/c1-17(26-16-18-10-6-9-15-25-18)21(24)22-19-11-4-5-12-20(19)23-13-7-2-3-8-14-23/h4-5,11-12,17-18H,2-3,6-10,13-16H2,1H3,(H,22,24)/t17-,18+/m0/s1. The smallest absolute Gasteiger partial charge is 0.253 e. The molecule has 26 heavy (non-hydrogen) atoms. The van der Waals surface area contributed by atoms with Gasteiger partial charge in [0.2, 0.25) is 0 Å². The average molecular weight is 360 g/mol. The first kappa shape index (κ1) is 19.2. The fraction of sp³-hybridized carbons (Fsp3) is 0.667. The van der Waals surface area contributed by atoms with E-state index >= 15 is 0 Å². The van der Waals surface area contributed by atoms with E-state index in [1.165, 1.54) is 32.1 Å². The molecule has 0 spiro atoms. The van der Waals surface area contributed by atoms with E-state index in [-0.39, 0.29) is 12.0 Å². The van der Waals surface area contributed by atoms with Crippen molar-refractivity contribution in [1.29, 1.82) is 0 Å². The van der Waals surface area contributed by atoms with E-state index in [2.05, 4.69) is 16.3 Å². The van der Waals surface area contributed by atoms with Gasteiger partial charge in [0.15, 0.2) is 0 Å². The summed E-state index contributed by atoms with van der Waals surface area (Å²) in [6.45, 7) is 5.21. The van der Waals surface area contributed by atoms with Gasteiger partial charge in [-0.05, 0) is 51.2 Å². The number of hydrogen-bond acceptors (Lipinski definition) is 4. The Morgan fingerprint density at radius 2 is 1.96 bits per heavy atom. The number of para-hydroxylation sites is 2. The van der Waals surface area contributed by atoms with Crippen LogP contribution in [0.1, 0.15) is 51.9 Å². The van der Waals surface area contributed by atoms with Crippen LogP contribution < -0.4 is 10.2 Å². The summed E-state index contributed by atoms with van der Waals surface area (Å²) in [6.07, 6.45) is 7.97. The number of rotatable bonds is 6. The molecule has 0 saturated carbocycles. The predicted octanol–water partition coefficient (Wildman–Crippen LogP) is 3.98. The van der Waals surface area contributed by atoms with Gasteiger partial charge in [0.05, 0.1) is 24.1 Å². The van der Waals surface area contributed by atoms with Gasteiger partial charge in [-0.1, -0.05) is 25.0 Å². The largest absolute Gasteiger partial charge is 0.376 e. The number of carbonyl (C=O) groups is 1. The molecule has 2 fully saturated rings. The number of ether oxygens (including phenoxy) is 2. The zero-order valence-corrected chi connectivity index (χ0v) is 15.9. The van der Waals surface area contributed by atoms with Gasteiger partial charge in [-0.3, -0.25) is 4.79 Å². The lowest BCUT2D eigenvalue weighted by molar-refractivity contribution is -0.130. The topological polar surface area (TPSA) is 50.8 Å². The van der Waals surface area contributed by atoms with Crippen LogP contribution in [-0.4, -0.2) is 44.4 Å². The molecule has 5 nitrogen and oxygen atoms in total. The fourth-order valence-electron chi connectivity index (χ4n) is 3.67. The van der Waals surface area contributed by atoms with Crippen LogP contribution in [0.5, 0.6) is 0 Å². The Morgan fingerprint density at radius 1 is 1.19 bits per heavy atom. The Hall–Kier alpha value is -1.59. The number of anilines is 2. The molecule has 144 valence electrons. The first-order valence-electron chi connectivity index (χ1n) is 10.1. The summed E-state index contributed by atoms with van der Waals surface area (Å²) in [7, 11) is 0. The average Bonchev–Trinajstić information content (AvgIpc) is 2.96. The lowest BCUT2D eigenvalue weighted by atomic mass is 10.1. The third-order valence-corrected chi connectivity index (χ3v) is 5.28. The highest BCUT2D eigenvalue weighted by atomic mass is 16.5. The van der Waals surface area contributed by atoms with E-state index in [0.29, 0.717) is 6.61 Å². The van der Waals surface area contributed by atoms with Crippen LogP contribution in [0, 0.1) is 0 Å². The second kappa shape index (κ2) is 9.93. The van der Waals surface area contributed by atoms with Crippen LogP contribution >= 0.6 is 0 Å². The van der Waals surface area contributed by atoms with Gasteiger partial charge in [-0.15, -0.1) is 0 Å². The van der Waals surface area contributed by atoms with Gasteiger partial charge in [0.1, 0.15) is 6.10 Å². The van der Waals surface area contributed by atoms with E-state index in [4.69, 9.17) is 9.47 Å². The van der Waals surface area contributed by atoms with Crippen LogP contribution in [0.25, 0.3) is 0 Å². The van der Waals surface area contributed by atoms with Gasteiger partial charge >= 0.3 is 0 Å². The van der Waals surface area contributed by atoms with Crippen LogP contribution in [0.2, 0.25) is 0 Å². The molecule has 2 heterocycles. The third-order valence-electron chi connectivity index (χ3n) is 5.28. The van der Waals surface area contributed by atoms with Crippen molar-refractivity contribution < 1.29 is 14.3 Å². The van der Waals surface area contributed by atoms with Crippen molar-refractivity contribution in [2.45, 2.75) is 64.1 Å². The van der Waals surface area contributed by atoms with E-state index in [0.717, 1.165) is 43.9 Å². The minimum atomic E-state index is -0.488. The number of amides is 1. The van der Waals surface area contributed by atoms with Crippen molar-refractivity contribution in [2.75, 3.05) is 36.5 Å². The monoisotopic (exact) mass is 360 g/mol. The molecule has 0 aromatic heterocycles. The molecule has 1 aromatic carbocycles. The molecule has 0 radical (unpaired) electrons. The van der Waals surface area contributed by atoms with Crippen molar-refractivity contribution in [3.05, 3.63) is 24.3 Å². The lowest BCUT2D eigenvalue weighted by Gasteiger charge is -2.26. The molecular weight excluding hydrogens is 328 g/mol. The molecule has 1 amide bonds. The Balaban J connectivity index is 1.56. The van der Waals surface area contributed by atoms with E-state index < -0.39 is 6.10 Å². The molecule has 2 atom stereocenters. The Labute approximate surface area is 157 Å². The minimum absolute atomic E-state index is 0.0944. The first-order chi connectivity index (χ1) is 12.7. The van der Waals surface area contributed by atoms with Crippen LogP contribution in [0.15, 0.2) is 24.3 Å². The first-order valence-corrected chi connectivity index (χ1v) is 10.1. The number of hydrogen-bond donors (Lipinski definition) is 1. The molecule has 0 unspecified atom stereocenters. The molecule has 2 aliphatic rings. The molecule has 5 heteroatoms. The second-order valence-corrected chi connectivity index (χ2v) is 7.37. The fourth-order valence-corrected chi connectivity index (χ4v) is 3.67. The third kappa shape index (κ3) is 5.45. The van der Waals surface area contributed by atoms with E-state index in [9.17, 15) is 4.79 Å². The lowest BCUT2D eigenvalue weighted by Crippen LogP contribution is -2.33. The predicted molar refractivity (Wildman–Crippen MR) is 105 cm³/mol. The summed E-state index contributed by atoms with van der Waals surface area (Å²) >= 11 is 0. The molecular formula is C21H32N2O3. The van der Waals surface area contributed by atoms with Crippen molar-refractivity contribution >= 4 is 17.3 Å². The summed E-state index contributed by atoms with van der Waals surface area (Å²) in [6, 6.07) is 8.09. The Bertz CT molecular complexity index is 564. The minimum Gasteiger partial charge on any atom is -0.376 e. The number of nitrogens with zero attached hydrogens (tertiary/aromatic N) is 1. The quantitative estimate of drug-likeness (QED) is 0.834. The van der Waals surface area contributed by atoms with Gasteiger partial charge in [0, 0.05) is 19.7 Å². The number of benzene rings is 1. The molecule has 0 bridgehead atoms.